The number of fused-ring (bicyclic) bond motifs is 2. The standard InChI is InChI=1S/C26H28N6O2Si/c1-35(2,3)12-11-34-18-31-25-20(15-29-31)8-6-10-23(25)30-17-21(13-27)32(26(30)33)24-16-28-14-19-7-4-5-9-22(19)24/h4-10,14-16,21H,11-12,17-18H2,1-3H3/t21-/m0/s1. The average Bonchev–Trinajstić information content (AvgIpc) is 3.41. The lowest BCUT2D eigenvalue weighted by Crippen LogP contribution is -2.34. The van der Waals surface area contributed by atoms with Gasteiger partial charge >= 0.3 is 6.03 Å². The maximum atomic E-state index is 13.8. The molecule has 3 heterocycles. The van der Waals surface area contributed by atoms with Crippen LogP contribution in [0.15, 0.2) is 61.1 Å². The highest BCUT2D eigenvalue weighted by atomic mass is 28.3. The summed E-state index contributed by atoms with van der Waals surface area (Å²) >= 11 is 0. The summed E-state index contributed by atoms with van der Waals surface area (Å²) in [6.07, 6.45) is 5.21. The number of nitrogens with zero attached hydrogens (tertiary/aromatic N) is 6. The number of hydrogen-bond acceptors (Lipinski definition) is 5. The highest BCUT2D eigenvalue weighted by Gasteiger charge is 2.41. The van der Waals surface area contributed by atoms with Crippen molar-refractivity contribution in [3.63, 3.8) is 0 Å². The van der Waals surface area contributed by atoms with E-state index in [0.29, 0.717) is 19.0 Å². The van der Waals surface area contributed by atoms with Crippen LogP contribution in [0.1, 0.15) is 0 Å². The van der Waals surface area contributed by atoms with Crippen LogP contribution in [0.5, 0.6) is 0 Å². The quantitative estimate of drug-likeness (QED) is 0.265. The highest BCUT2D eigenvalue weighted by Crippen LogP contribution is 2.35. The van der Waals surface area contributed by atoms with Gasteiger partial charge in [0.05, 0.1) is 41.9 Å². The third-order valence-electron chi connectivity index (χ3n) is 6.30. The van der Waals surface area contributed by atoms with Crippen LogP contribution < -0.4 is 9.80 Å². The third-order valence-corrected chi connectivity index (χ3v) is 8.01. The second-order valence-electron chi connectivity index (χ2n) is 9.99. The maximum absolute atomic E-state index is 13.8. The molecule has 0 N–H and O–H groups in total. The number of amides is 2. The highest BCUT2D eigenvalue weighted by molar-refractivity contribution is 6.76. The van der Waals surface area contributed by atoms with Crippen LogP contribution in [0, 0.1) is 11.3 Å². The van der Waals surface area contributed by atoms with Gasteiger partial charge in [-0.2, -0.15) is 10.4 Å². The molecule has 0 spiro atoms. The average molecular weight is 485 g/mol. The number of carbonyl (C=O) groups is 1. The number of rotatable bonds is 7. The van der Waals surface area contributed by atoms with Crippen molar-refractivity contribution < 1.29 is 9.53 Å². The van der Waals surface area contributed by atoms with Crippen LogP contribution in [-0.4, -0.2) is 48.1 Å². The van der Waals surface area contributed by atoms with Gasteiger partial charge in [-0.05, 0) is 12.1 Å². The molecule has 0 unspecified atom stereocenters. The molecule has 8 nitrogen and oxygen atoms in total. The lowest BCUT2D eigenvalue weighted by Gasteiger charge is -2.21. The predicted molar refractivity (Wildman–Crippen MR) is 140 cm³/mol. The van der Waals surface area contributed by atoms with Crippen LogP contribution >= 0.6 is 0 Å². The van der Waals surface area contributed by atoms with E-state index < -0.39 is 14.1 Å². The summed E-state index contributed by atoms with van der Waals surface area (Å²) in [5.41, 5.74) is 2.18. The number of carbonyl (C=O) groups excluding carboxylic acids is 1. The molecule has 9 heteroatoms. The molecule has 2 amide bonds. The molecule has 1 atom stereocenters. The lowest BCUT2D eigenvalue weighted by atomic mass is 10.1. The fraction of sp³-hybridized carbons (Fsp3) is 0.308. The first kappa shape index (κ1) is 23.0. The number of hydrogen-bond donors (Lipinski definition) is 0. The zero-order chi connectivity index (χ0) is 24.6. The fourth-order valence-corrected chi connectivity index (χ4v) is 5.18. The van der Waals surface area contributed by atoms with Crippen molar-refractivity contribution in [3.8, 4) is 6.07 Å². The molecular formula is C26H28N6O2Si. The van der Waals surface area contributed by atoms with E-state index in [1.54, 1.807) is 33.1 Å². The van der Waals surface area contributed by atoms with Crippen molar-refractivity contribution in [2.45, 2.75) is 38.5 Å². The minimum absolute atomic E-state index is 0.249. The van der Waals surface area contributed by atoms with Crippen LogP contribution in [0.2, 0.25) is 25.7 Å². The molecule has 1 aliphatic heterocycles. The number of urea groups is 1. The Morgan fingerprint density at radius 3 is 2.66 bits per heavy atom. The Morgan fingerprint density at radius 2 is 1.86 bits per heavy atom. The van der Waals surface area contributed by atoms with E-state index in [4.69, 9.17) is 4.74 Å². The minimum Gasteiger partial charge on any atom is -0.360 e. The number of benzene rings is 2. The number of ether oxygens (including phenoxy) is 1. The van der Waals surface area contributed by atoms with E-state index in [-0.39, 0.29) is 12.6 Å². The van der Waals surface area contributed by atoms with Gasteiger partial charge in [0, 0.05) is 37.0 Å². The first-order valence-electron chi connectivity index (χ1n) is 11.7. The van der Waals surface area contributed by atoms with Crippen molar-refractivity contribution in [2.24, 2.45) is 0 Å². The first-order valence-corrected chi connectivity index (χ1v) is 15.4. The van der Waals surface area contributed by atoms with Gasteiger partial charge in [-0.15, -0.1) is 0 Å². The van der Waals surface area contributed by atoms with Gasteiger partial charge in [0.25, 0.3) is 0 Å². The van der Waals surface area contributed by atoms with Crippen molar-refractivity contribution in [1.29, 1.82) is 5.26 Å². The largest absolute Gasteiger partial charge is 0.360 e. The molecule has 4 aromatic rings. The minimum atomic E-state index is -1.19. The summed E-state index contributed by atoms with van der Waals surface area (Å²) < 4.78 is 7.75. The Balaban J connectivity index is 1.49. The molecule has 1 aliphatic rings. The zero-order valence-electron chi connectivity index (χ0n) is 20.2. The monoisotopic (exact) mass is 484 g/mol. The first-order chi connectivity index (χ1) is 16.9. The normalized spacial score (nSPS) is 16.4. The number of nitriles is 1. The SMILES string of the molecule is C[Si](C)(C)CCOCn1ncc2cccc(N3C[C@H](C#N)N(c4cncc5ccccc45)C3=O)c21. The number of anilines is 2. The molecule has 0 aliphatic carbocycles. The second-order valence-corrected chi connectivity index (χ2v) is 15.6. The predicted octanol–water partition coefficient (Wildman–Crippen LogP) is 5.24. The van der Waals surface area contributed by atoms with E-state index in [1.807, 2.05) is 42.5 Å². The van der Waals surface area contributed by atoms with Crippen molar-refractivity contribution in [3.05, 3.63) is 61.1 Å². The summed E-state index contributed by atoms with van der Waals surface area (Å²) in [6, 6.07) is 16.0. The molecule has 35 heavy (non-hydrogen) atoms. The molecule has 0 radical (unpaired) electrons. The zero-order valence-corrected chi connectivity index (χ0v) is 21.2. The molecule has 2 aromatic carbocycles. The van der Waals surface area contributed by atoms with E-state index >= 15 is 0 Å². The summed E-state index contributed by atoms with van der Waals surface area (Å²) in [6.45, 7) is 8.20. The van der Waals surface area contributed by atoms with E-state index in [9.17, 15) is 10.1 Å². The van der Waals surface area contributed by atoms with Gasteiger partial charge in [0.1, 0.15) is 12.8 Å². The molecule has 0 saturated carbocycles. The van der Waals surface area contributed by atoms with Crippen LogP contribution in [0.25, 0.3) is 21.7 Å². The lowest BCUT2D eigenvalue weighted by molar-refractivity contribution is 0.0817. The molecule has 1 fully saturated rings. The molecule has 2 aromatic heterocycles. The molecule has 0 bridgehead atoms. The Hall–Kier alpha value is -3.74. The van der Waals surface area contributed by atoms with Gasteiger partial charge in [-0.3, -0.25) is 14.8 Å². The van der Waals surface area contributed by atoms with Crippen LogP contribution in [0.3, 0.4) is 0 Å². The van der Waals surface area contributed by atoms with E-state index in [2.05, 4.69) is 35.8 Å². The van der Waals surface area contributed by atoms with Gasteiger partial charge in [0.15, 0.2) is 0 Å². The Morgan fingerprint density at radius 1 is 1.06 bits per heavy atom. The Kier molecular flexibility index (Phi) is 6.01. The smallest absolute Gasteiger partial charge is 0.330 e. The van der Waals surface area contributed by atoms with Crippen LogP contribution in [0.4, 0.5) is 16.2 Å². The van der Waals surface area contributed by atoms with Gasteiger partial charge < -0.3 is 4.74 Å². The van der Waals surface area contributed by atoms with Gasteiger partial charge in [0.2, 0.25) is 0 Å². The maximum Gasteiger partial charge on any atom is 0.330 e. The Labute approximate surface area is 205 Å². The molecule has 1 saturated heterocycles. The van der Waals surface area contributed by atoms with Crippen molar-refractivity contribution in [2.75, 3.05) is 23.0 Å². The number of pyridine rings is 1. The van der Waals surface area contributed by atoms with Gasteiger partial charge in [-0.1, -0.05) is 56.0 Å². The van der Waals surface area contributed by atoms with Crippen molar-refractivity contribution in [1.82, 2.24) is 14.8 Å². The summed E-state index contributed by atoms with van der Waals surface area (Å²) in [7, 11) is -1.19. The van der Waals surface area contributed by atoms with Crippen LogP contribution in [-0.2, 0) is 11.5 Å². The van der Waals surface area contributed by atoms with Crippen molar-refractivity contribution >= 4 is 47.2 Å². The van der Waals surface area contributed by atoms with E-state index in [0.717, 1.165) is 33.4 Å². The molecule has 178 valence electrons. The number of para-hydroxylation sites is 1. The molecular weight excluding hydrogens is 456 g/mol. The topological polar surface area (TPSA) is 87.3 Å². The van der Waals surface area contributed by atoms with E-state index in [1.165, 1.54) is 0 Å². The fourth-order valence-electron chi connectivity index (χ4n) is 4.43. The Bertz CT molecular complexity index is 1430. The van der Waals surface area contributed by atoms with Gasteiger partial charge in [-0.25, -0.2) is 9.48 Å². The summed E-state index contributed by atoms with van der Waals surface area (Å²) in [4.78, 5) is 21.3. The second kappa shape index (κ2) is 9.13. The molecule has 5 rings (SSSR count). The summed E-state index contributed by atoms with van der Waals surface area (Å²) in [5, 5.41) is 17.2. The summed E-state index contributed by atoms with van der Waals surface area (Å²) in [5.74, 6) is 0. The number of aromatic nitrogens is 3. The third kappa shape index (κ3) is 4.38.